The number of carbonyl (C=O) groups excluding carboxylic acids is 2. The molecule has 0 aromatic carbocycles. The van der Waals surface area contributed by atoms with Crippen molar-refractivity contribution in [3.63, 3.8) is 0 Å². The first-order valence-electron chi connectivity index (χ1n) is 10.8. The van der Waals surface area contributed by atoms with Crippen LogP contribution < -0.4 is 10.6 Å². The molecule has 3 N–H and O–H groups in total. The Bertz CT molecular complexity index is 597. The van der Waals surface area contributed by atoms with Gasteiger partial charge < -0.3 is 15.7 Å². The number of allylic oxidation sites excluding steroid dienone is 2. The molecule has 0 spiro atoms. The van der Waals surface area contributed by atoms with E-state index < -0.39 is 0 Å². The average Bonchev–Trinajstić information content (AvgIpc) is 3.35. The number of aliphatic hydroxyl groups excluding tert-OH is 1. The fraction of sp³-hybridized carbons (Fsp3) is 0.762. The maximum absolute atomic E-state index is 12.7. The zero-order chi connectivity index (χ0) is 20.1. The maximum Gasteiger partial charge on any atom is 0.233 e. The first kappa shape index (κ1) is 20.8. The van der Waals surface area contributed by atoms with E-state index in [0.717, 1.165) is 32.2 Å². The van der Waals surface area contributed by atoms with E-state index in [-0.39, 0.29) is 42.1 Å². The third kappa shape index (κ3) is 4.24. The summed E-state index contributed by atoms with van der Waals surface area (Å²) in [5.74, 6) is 1.33. The van der Waals surface area contributed by atoms with E-state index >= 15 is 0 Å². The molecule has 3 aliphatic rings. The lowest BCUT2D eigenvalue weighted by molar-refractivity contribution is -0.140. The predicted octanol–water partition coefficient (Wildman–Crippen LogP) is 1.15. The molecule has 156 valence electrons. The molecule has 1 saturated carbocycles. The molecule has 2 aliphatic carbocycles. The average molecular weight is 391 g/mol. The van der Waals surface area contributed by atoms with Crippen molar-refractivity contribution >= 4 is 17.8 Å². The molecule has 1 aliphatic heterocycles. The lowest BCUT2D eigenvalue weighted by atomic mass is 9.85. The number of hydrogen-bond donors (Lipinski definition) is 3. The second-order valence-electron chi connectivity index (χ2n) is 8.14. The van der Waals surface area contributed by atoms with E-state index in [2.05, 4.69) is 34.7 Å². The molecule has 1 saturated heterocycles. The van der Waals surface area contributed by atoms with Crippen LogP contribution in [0.25, 0.3) is 0 Å². The van der Waals surface area contributed by atoms with Crippen molar-refractivity contribution in [3.8, 4) is 0 Å². The number of fused-ring (bicyclic) bond motifs is 5. The molecule has 0 radical (unpaired) electrons. The van der Waals surface area contributed by atoms with Gasteiger partial charge in [0.15, 0.2) is 5.96 Å². The summed E-state index contributed by atoms with van der Waals surface area (Å²) in [5, 5.41) is 15.7. The van der Waals surface area contributed by atoms with Crippen molar-refractivity contribution in [3.05, 3.63) is 12.2 Å². The molecular formula is C21H34N4O3. The van der Waals surface area contributed by atoms with Crippen molar-refractivity contribution in [2.45, 2.75) is 39.5 Å². The van der Waals surface area contributed by atoms with Crippen LogP contribution in [0.2, 0.25) is 0 Å². The van der Waals surface area contributed by atoms with Crippen LogP contribution in [0.3, 0.4) is 0 Å². The Morgan fingerprint density at radius 3 is 2.43 bits per heavy atom. The second-order valence-corrected chi connectivity index (χ2v) is 8.14. The summed E-state index contributed by atoms with van der Waals surface area (Å²) in [6, 6.07) is 0. The number of amides is 2. The van der Waals surface area contributed by atoms with Gasteiger partial charge in [-0.15, -0.1) is 0 Å². The normalized spacial score (nSPS) is 29.5. The van der Waals surface area contributed by atoms with Crippen LogP contribution >= 0.6 is 0 Å². The van der Waals surface area contributed by atoms with Gasteiger partial charge in [-0.3, -0.25) is 19.5 Å². The lowest BCUT2D eigenvalue weighted by Gasteiger charge is -2.19. The van der Waals surface area contributed by atoms with Gasteiger partial charge in [0.2, 0.25) is 11.8 Å². The summed E-state index contributed by atoms with van der Waals surface area (Å²) in [7, 11) is 0. The minimum atomic E-state index is -0.127. The number of nitrogens with zero attached hydrogens (tertiary/aromatic N) is 2. The molecule has 5 atom stereocenters. The molecule has 2 bridgehead atoms. The summed E-state index contributed by atoms with van der Waals surface area (Å²) in [5.41, 5.74) is 0. The van der Waals surface area contributed by atoms with Crippen LogP contribution in [-0.4, -0.2) is 60.6 Å². The zero-order valence-corrected chi connectivity index (χ0v) is 17.1. The van der Waals surface area contributed by atoms with Crippen LogP contribution in [-0.2, 0) is 9.59 Å². The molecule has 3 rings (SSSR count). The molecule has 7 heteroatoms. The van der Waals surface area contributed by atoms with E-state index in [4.69, 9.17) is 0 Å². The monoisotopic (exact) mass is 390 g/mol. The number of guanidine groups is 1. The number of aliphatic hydroxyl groups is 1. The minimum Gasteiger partial charge on any atom is -0.396 e. The van der Waals surface area contributed by atoms with Gasteiger partial charge in [0.05, 0.1) is 11.8 Å². The molecule has 0 aromatic heterocycles. The number of likely N-dealkylation sites (tertiary alicyclic amines) is 1. The minimum absolute atomic E-state index is 0.00143. The van der Waals surface area contributed by atoms with Gasteiger partial charge in [0, 0.05) is 32.8 Å². The number of imide groups is 1. The van der Waals surface area contributed by atoms with Gasteiger partial charge >= 0.3 is 0 Å². The first-order chi connectivity index (χ1) is 13.6. The number of nitrogens with one attached hydrogen (secondary N) is 2. The highest BCUT2D eigenvalue weighted by atomic mass is 16.3. The van der Waals surface area contributed by atoms with E-state index in [0.29, 0.717) is 31.5 Å². The topological polar surface area (TPSA) is 94.0 Å². The van der Waals surface area contributed by atoms with Crippen LogP contribution in [0.15, 0.2) is 17.1 Å². The van der Waals surface area contributed by atoms with Crippen molar-refractivity contribution in [1.82, 2.24) is 15.5 Å². The Labute approximate surface area is 167 Å². The van der Waals surface area contributed by atoms with Crippen molar-refractivity contribution in [2.24, 2.45) is 34.6 Å². The van der Waals surface area contributed by atoms with Crippen molar-refractivity contribution in [2.75, 3.05) is 32.8 Å². The van der Waals surface area contributed by atoms with Crippen LogP contribution in [0.4, 0.5) is 0 Å². The zero-order valence-electron chi connectivity index (χ0n) is 17.1. The Morgan fingerprint density at radius 2 is 1.86 bits per heavy atom. The van der Waals surface area contributed by atoms with Gasteiger partial charge in [0.1, 0.15) is 0 Å². The second kappa shape index (κ2) is 9.54. The quantitative estimate of drug-likeness (QED) is 0.225. The van der Waals surface area contributed by atoms with Gasteiger partial charge in [0.25, 0.3) is 0 Å². The van der Waals surface area contributed by atoms with E-state index in [1.165, 1.54) is 4.90 Å². The largest absolute Gasteiger partial charge is 0.396 e. The third-order valence-electron chi connectivity index (χ3n) is 6.28. The maximum atomic E-state index is 12.7. The van der Waals surface area contributed by atoms with Gasteiger partial charge in [-0.1, -0.05) is 25.5 Å². The van der Waals surface area contributed by atoms with Crippen LogP contribution in [0.1, 0.15) is 39.5 Å². The predicted molar refractivity (Wildman–Crippen MR) is 109 cm³/mol. The highest BCUT2D eigenvalue weighted by molar-refractivity contribution is 6.06. The van der Waals surface area contributed by atoms with Crippen molar-refractivity contribution < 1.29 is 14.7 Å². The number of aliphatic imine (C=N–C) groups is 1. The van der Waals surface area contributed by atoms with E-state index in [9.17, 15) is 14.7 Å². The summed E-state index contributed by atoms with van der Waals surface area (Å²) in [6.07, 6.45) is 8.07. The van der Waals surface area contributed by atoms with E-state index in [1.807, 2.05) is 6.92 Å². The Kier molecular flexibility index (Phi) is 7.10. The van der Waals surface area contributed by atoms with Gasteiger partial charge in [-0.2, -0.15) is 0 Å². The first-order valence-corrected chi connectivity index (χ1v) is 10.8. The van der Waals surface area contributed by atoms with Gasteiger partial charge in [-0.25, -0.2) is 0 Å². The van der Waals surface area contributed by atoms with Crippen molar-refractivity contribution in [1.29, 1.82) is 0 Å². The smallest absolute Gasteiger partial charge is 0.233 e. The Morgan fingerprint density at radius 1 is 1.18 bits per heavy atom. The summed E-state index contributed by atoms with van der Waals surface area (Å²) in [6.45, 7) is 6.59. The SMILES string of the molecule is CCCC(CCO)CN=C(NCC)NCCN1C(=O)C2C3C=CC(C3)C2C1=O. The molecule has 28 heavy (non-hydrogen) atoms. The molecule has 2 amide bonds. The lowest BCUT2D eigenvalue weighted by Crippen LogP contribution is -2.44. The number of rotatable bonds is 10. The molecule has 0 aromatic rings. The van der Waals surface area contributed by atoms with Crippen LogP contribution in [0, 0.1) is 29.6 Å². The molecule has 7 nitrogen and oxygen atoms in total. The van der Waals surface area contributed by atoms with Crippen LogP contribution in [0.5, 0.6) is 0 Å². The van der Waals surface area contributed by atoms with E-state index in [1.54, 1.807) is 0 Å². The number of carbonyl (C=O) groups is 2. The Hall–Kier alpha value is -1.89. The fourth-order valence-corrected chi connectivity index (χ4v) is 4.95. The Balaban J connectivity index is 1.51. The summed E-state index contributed by atoms with van der Waals surface area (Å²) >= 11 is 0. The van der Waals surface area contributed by atoms with Gasteiger partial charge in [-0.05, 0) is 43.9 Å². The third-order valence-corrected chi connectivity index (χ3v) is 6.28. The highest BCUT2D eigenvalue weighted by Gasteiger charge is 2.58. The molecule has 5 unspecified atom stereocenters. The molecular weight excluding hydrogens is 356 g/mol. The molecule has 1 heterocycles. The standard InChI is InChI=1S/C21H34N4O3/c1-3-5-14(8-11-26)13-24-21(22-4-2)23-9-10-25-19(27)17-15-6-7-16(12-15)18(17)20(25)28/h6-7,14-18,26H,3-5,8-13H2,1-2H3,(H2,22,23,24). The highest BCUT2D eigenvalue weighted by Crippen LogP contribution is 2.52. The molecule has 2 fully saturated rings. The summed E-state index contributed by atoms with van der Waals surface area (Å²) in [4.78, 5) is 31.5. The fourth-order valence-electron chi connectivity index (χ4n) is 4.95. The number of hydrogen-bond acceptors (Lipinski definition) is 4. The summed E-state index contributed by atoms with van der Waals surface area (Å²) < 4.78 is 0.